The minimum atomic E-state index is 0.135. The molecule has 3 heterocycles. The molecule has 0 N–H and O–H groups in total. The minimum Gasteiger partial charge on any atom is -0.334 e. The summed E-state index contributed by atoms with van der Waals surface area (Å²) < 4.78 is 1.84. The van der Waals surface area contributed by atoms with E-state index in [1.165, 1.54) is 25.7 Å². The quantitative estimate of drug-likeness (QED) is 0.600. The lowest BCUT2D eigenvalue weighted by molar-refractivity contribution is 0.0382. The van der Waals surface area contributed by atoms with Crippen molar-refractivity contribution in [2.45, 2.75) is 44.6 Å². The van der Waals surface area contributed by atoms with Crippen LogP contribution in [0.5, 0.6) is 0 Å². The first-order valence-electron chi connectivity index (χ1n) is 10.3. The van der Waals surface area contributed by atoms with Crippen molar-refractivity contribution in [2.75, 3.05) is 6.54 Å². The number of para-hydroxylation sites is 1. The highest BCUT2D eigenvalue weighted by molar-refractivity contribution is 7.13. The summed E-state index contributed by atoms with van der Waals surface area (Å²) in [5, 5.41) is 6.87. The maximum atomic E-state index is 13.7. The standard InChI is InChI=1S/C23H25N3OS/c27-23(25-14-6-9-17-8-4-5-12-20(17)25)21-16-19(22-13-7-15-28-22)24-26(21)18-10-2-1-3-11-18/h1-3,7,10-11,13,15-17,20H,4-6,8-9,12,14H2. The molecule has 28 heavy (non-hydrogen) atoms. The van der Waals surface area contributed by atoms with E-state index >= 15 is 0 Å². The fraction of sp³-hybridized carbons (Fsp3) is 0.391. The second-order valence-corrected chi connectivity index (χ2v) is 8.84. The SMILES string of the molecule is O=C(c1cc(-c2cccs2)nn1-c1ccccc1)N1CCCC2CCCCC21. The van der Waals surface area contributed by atoms with Gasteiger partial charge in [-0.25, -0.2) is 4.68 Å². The maximum absolute atomic E-state index is 13.7. The number of nitrogens with zero attached hydrogens (tertiary/aromatic N) is 3. The summed E-state index contributed by atoms with van der Waals surface area (Å²) >= 11 is 1.66. The highest BCUT2D eigenvalue weighted by Gasteiger charge is 2.37. The van der Waals surface area contributed by atoms with Gasteiger partial charge in [0.15, 0.2) is 0 Å². The first-order valence-corrected chi connectivity index (χ1v) is 11.2. The predicted octanol–water partition coefficient (Wildman–Crippen LogP) is 5.40. The van der Waals surface area contributed by atoms with E-state index in [2.05, 4.69) is 16.3 Å². The zero-order chi connectivity index (χ0) is 18.9. The van der Waals surface area contributed by atoms with Gasteiger partial charge in [-0.1, -0.05) is 37.1 Å². The number of carbonyl (C=O) groups is 1. The average molecular weight is 392 g/mol. The molecule has 1 aliphatic carbocycles. The molecule has 5 rings (SSSR count). The van der Waals surface area contributed by atoms with E-state index < -0.39 is 0 Å². The van der Waals surface area contributed by atoms with E-state index in [0.717, 1.165) is 35.6 Å². The van der Waals surface area contributed by atoms with Gasteiger partial charge in [0.25, 0.3) is 5.91 Å². The molecular weight excluding hydrogens is 366 g/mol. The third-order valence-corrected chi connectivity index (χ3v) is 7.10. The lowest BCUT2D eigenvalue weighted by Crippen LogP contribution is -2.50. The van der Waals surface area contributed by atoms with E-state index in [-0.39, 0.29) is 5.91 Å². The van der Waals surface area contributed by atoms with Crippen molar-refractivity contribution in [3.8, 4) is 16.3 Å². The first-order chi connectivity index (χ1) is 13.8. The Bertz CT molecular complexity index is 946. The molecule has 5 heteroatoms. The van der Waals surface area contributed by atoms with Crippen molar-refractivity contribution in [1.29, 1.82) is 0 Å². The summed E-state index contributed by atoms with van der Waals surface area (Å²) in [6.45, 7) is 0.869. The monoisotopic (exact) mass is 391 g/mol. The topological polar surface area (TPSA) is 38.1 Å². The van der Waals surface area contributed by atoms with Gasteiger partial charge >= 0.3 is 0 Å². The van der Waals surface area contributed by atoms with Gasteiger partial charge in [0.05, 0.1) is 10.6 Å². The van der Waals surface area contributed by atoms with Crippen molar-refractivity contribution >= 4 is 17.2 Å². The van der Waals surface area contributed by atoms with Crippen LogP contribution in [0, 0.1) is 5.92 Å². The number of hydrogen-bond donors (Lipinski definition) is 0. The Kier molecular flexibility index (Phi) is 4.77. The number of piperidine rings is 1. The lowest BCUT2D eigenvalue weighted by Gasteiger charge is -2.44. The molecule has 3 aromatic rings. The second-order valence-electron chi connectivity index (χ2n) is 7.89. The Morgan fingerprint density at radius 2 is 1.82 bits per heavy atom. The van der Waals surface area contributed by atoms with Crippen LogP contribution in [0.3, 0.4) is 0 Å². The number of carbonyl (C=O) groups excluding carboxylic acids is 1. The van der Waals surface area contributed by atoms with Crippen LogP contribution < -0.4 is 0 Å². The molecule has 0 radical (unpaired) electrons. The average Bonchev–Trinajstić information content (AvgIpc) is 3.43. The van der Waals surface area contributed by atoms with Crippen LogP contribution in [0.1, 0.15) is 49.0 Å². The number of aromatic nitrogens is 2. The third-order valence-electron chi connectivity index (χ3n) is 6.21. The highest BCUT2D eigenvalue weighted by Crippen LogP contribution is 2.36. The molecule has 2 fully saturated rings. The number of rotatable bonds is 3. The molecule has 2 unspecified atom stereocenters. The molecule has 144 valence electrons. The van der Waals surface area contributed by atoms with Gasteiger partial charge in [0, 0.05) is 12.6 Å². The van der Waals surface area contributed by atoms with Crippen LogP contribution in [0.25, 0.3) is 16.3 Å². The van der Waals surface area contributed by atoms with Gasteiger partial charge in [-0.2, -0.15) is 5.10 Å². The largest absolute Gasteiger partial charge is 0.334 e. The molecule has 4 nitrogen and oxygen atoms in total. The smallest absolute Gasteiger partial charge is 0.272 e. The molecular formula is C23H25N3OS. The van der Waals surface area contributed by atoms with Gasteiger partial charge in [0.1, 0.15) is 11.4 Å². The molecule has 2 aliphatic rings. The van der Waals surface area contributed by atoms with E-state index in [0.29, 0.717) is 17.7 Å². The number of fused-ring (bicyclic) bond motifs is 1. The minimum absolute atomic E-state index is 0.135. The van der Waals surface area contributed by atoms with Crippen molar-refractivity contribution in [2.24, 2.45) is 5.92 Å². The zero-order valence-electron chi connectivity index (χ0n) is 16.0. The Morgan fingerprint density at radius 1 is 1.00 bits per heavy atom. The molecule has 2 aromatic heterocycles. The maximum Gasteiger partial charge on any atom is 0.272 e. The summed E-state index contributed by atoms with van der Waals surface area (Å²) in [6, 6.07) is 16.5. The Labute approximate surface area is 169 Å². The zero-order valence-corrected chi connectivity index (χ0v) is 16.8. The molecule has 1 saturated heterocycles. The van der Waals surface area contributed by atoms with Crippen molar-refractivity contribution in [1.82, 2.24) is 14.7 Å². The van der Waals surface area contributed by atoms with E-state index in [9.17, 15) is 4.79 Å². The molecule has 1 aromatic carbocycles. The number of thiophene rings is 1. The van der Waals surface area contributed by atoms with Crippen molar-refractivity contribution in [3.63, 3.8) is 0 Å². The molecule has 0 bridgehead atoms. The first kappa shape index (κ1) is 17.7. The second kappa shape index (κ2) is 7.55. The van der Waals surface area contributed by atoms with Gasteiger partial charge in [0.2, 0.25) is 0 Å². The van der Waals surface area contributed by atoms with Crippen LogP contribution >= 0.6 is 11.3 Å². The number of amides is 1. The summed E-state index contributed by atoms with van der Waals surface area (Å²) in [5.41, 5.74) is 2.49. The molecule has 1 amide bonds. The fourth-order valence-corrected chi connectivity index (χ4v) is 5.55. The molecule has 1 aliphatic heterocycles. The number of likely N-dealkylation sites (tertiary alicyclic amines) is 1. The third kappa shape index (κ3) is 3.18. The van der Waals surface area contributed by atoms with Crippen LogP contribution in [-0.4, -0.2) is 33.2 Å². The predicted molar refractivity (Wildman–Crippen MR) is 113 cm³/mol. The summed E-state index contributed by atoms with van der Waals surface area (Å²) in [5.74, 6) is 0.812. The summed E-state index contributed by atoms with van der Waals surface area (Å²) in [4.78, 5) is 17.0. The lowest BCUT2D eigenvalue weighted by atomic mass is 9.78. The van der Waals surface area contributed by atoms with Gasteiger partial charge in [-0.05, 0) is 61.2 Å². The van der Waals surface area contributed by atoms with Crippen LogP contribution in [0.15, 0.2) is 53.9 Å². The van der Waals surface area contributed by atoms with E-state index in [1.807, 2.05) is 47.1 Å². The number of benzene rings is 1. The summed E-state index contributed by atoms with van der Waals surface area (Å²) in [7, 11) is 0. The number of hydrogen-bond acceptors (Lipinski definition) is 3. The van der Waals surface area contributed by atoms with Gasteiger partial charge < -0.3 is 4.90 Å². The van der Waals surface area contributed by atoms with Gasteiger partial charge in [-0.3, -0.25) is 4.79 Å². The van der Waals surface area contributed by atoms with Crippen LogP contribution in [0.4, 0.5) is 0 Å². The fourth-order valence-electron chi connectivity index (χ4n) is 4.87. The highest BCUT2D eigenvalue weighted by atomic mass is 32.1. The van der Waals surface area contributed by atoms with Crippen LogP contribution in [-0.2, 0) is 0 Å². The molecule has 1 saturated carbocycles. The molecule has 2 atom stereocenters. The van der Waals surface area contributed by atoms with Crippen LogP contribution in [0.2, 0.25) is 0 Å². The Morgan fingerprint density at radius 3 is 2.64 bits per heavy atom. The Balaban J connectivity index is 1.55. The van der Waals surface area contributed by atoms with E-state index in [1.54, 1.807) is 11.3 Å². The van der Waals surface area contributed by atoms with E-state index in [4.69, 9.17) is 5.10 Å². The summed E-state index contributed by atoms with van der Waals surface area (Å²) in [6.07, 6.45) is 7.36. The molecule has 0 spiro atoms. The van der Waals surface area contributed by atoms with Gasteiger partial charge in [-0.15, -0.1) is 11.3 Å². The van der Waals surface area contributed by atoms with Crippen molar-refractivity contribution in [3.05, 3.63) is 59.6 Å². The normalized spacial score (nSPS) is 22.1. The Hall–Kier alpha value is -2.40. The van der Waals surface area contributed by atoms with Crippen molar-refractivity contribution < 1.29 is 4.79 Å².